The molecule has 150 valence electrons. The lowest BCUT2D eigenvalue weighted by molar-refractivity contribution is 0.101. The molecular formula is C23H29FN2O2. The Labute approximate surface area is 166 Å². The molecule has 0 radical (unpaired) electrons. The van der Waals surface area contributed by atoms with Crippen LogP contribution in [-0.2, 0) is 13.1 Å². The fourth-order valence-corrected chi connectivity index (χ4v) is 3.65. The Morgan fingerprint density at radius 3 is 2.32 bits per heavy atom. The number of ketones is 1. The Hall–Kier alpha value is -2.24. The third-order valence-corrected chi connectivity index (χ3v) is 5.16. The number of hydrogen-bond donors (Lipinski definition) is 0. The highest BCUT2D eigenvalue weighted by Crippen LogP contribution is 2.23. The zero-order chi connectivity index (χ0) is 19.9. The number of Topliss-reactive ketones (excluding diaryl/α,β-unsaturated/α-hetero) is 1. The van der Waals surface area contributed by atoms with Gasteiger partial charge in [0.2, 0.25) is 0 Å². The van der Waals surface area contributed by atoms with Crippen LogP contribution in [0.4, 0.5) is 4.39 Å². The molecule has 0 saturated carbocycles. The smallest absolute Gasteiger partial charge is 0.159 e. The van der Waals surface area contributed by atoms with Gasteiger partial charge < -0.3 is 4.74 Å². The first-order valence-electron chi connectivity index (χ1n) is 10.0. The van der Waals surface area contributed by atoms with Crippen molar-refractivity contribution < 1.29 is 13.9 Å². The van der Waals surface area contributed by atoms with Crippen molar-refractivity contribution in [1.29, 1.82) is 0 Å². The van der Waals surface area contributed by atoms with Crippen molar-refractivity contribution in [2.24, 2.45) is 0 Å². The largest absolute Gasteiger partial charge is 0.494 e. The Morgan fingerprint density at radius 1 is 1.00 bits per heavy atom. The van der Waals surface area contributed by atoms with E-state index in [1.165, 1.54) is 12.1 Å². The lowest BCUT2D eigenvalue weighted by Crippen LogP contribution is -2.30. The summed E-state index contributed by atoms with van der Waals surface area (Å²) in [6, 6.07) is 12.5. The van der Waals surface area contributed by atoms with Gasteiger partial charge >= 0.3 is 0 Å². The molecule has 28 heavy (non-hydrogen) atoms. The molecule has 1 saturated heterocycles. The molecular weight excluding hydrogens is 355 g/mol. The molecule has 0 aromatic heterocycles. The maximum Gasteiger partial charge on any atom is 0.159 e. The van der Waals surface area contributed by atoms with Crippen LogP contribution in [0.2, 0.25) is 0 Å². The van der Waals surface area contributed by atoms with Crippen molar-refractivity contribution >= 4 is 5.78 Å². The van der Waals surface area contributed by atoms with Gasteiger partial charge in [0.1, 0.15) is 11.6 Å². The van der Waals surface area contributed by atoms with Crippen LogP contribution in [-0.4, -0.2) is 48.4 Å². The predicted molar refractivity (Wildman–Crippen MR) is 109 cm³/mol. The van der Waals surface area contributed by atoms with Crippen LogP contribution in [0.5, 0.6) is 5.75 Å². The Bertz CT molecular complexity index is 792. The first-order valence-corrected chi connectivity index (χ1v) is 10.0. The molecule has 0 atom stereocenters. The number of rotatable bonds is 7. The summed E-state index contributed by atoms with van der Waals surface area (Å²) < 4.78 is 18.9. The molecule has 3 rings (SSSR count). The first-order chi connectivity index (χ1) is 13.5. The van der Waals surface area contributed by atoms with Crippen LogP contribution in [0.1, 0.15) is 41.8 Å². The van der Waals surface area contributed by atoms with Crippen molar-refractivity contribution in [3.63, 3.8) is 0 Å². The normalized spacial score (nSPS) is 16.0. The van der Waals surface area contributed by atoms with E-state index in [4.69, 9.17) is 4.74 Å². The molecule has 2 aromatic rings. The minimum Gasteiger partial charge on any atom is -0.494 e. The summed E-state index contributed by atoms with van der Waals surface area (Å²) in [5.41, 5.74) is 2.94. The zero-order valence-electron chi connectivity index (χ0n) is 16.8. The minimum atomic E-state index is -0.191. The SMILES string of the molecule is CCOc1ccc(C(C)=O)cc1CN1CCCN(Cc2ccc(F)cc2)CC1. The zero-order valence-corrected chi connectivity index (χ0v) is 16.8. The first kappa shape index (κ1) is 20.5. The van der Waals surface area contributed by atoms with Crippen molar-refractivity contribution in [3.8, 4) is 5.75 Å². The van der Waals surface area contributed by atoms with Gasteiger partial charge in [0.05, 0.1) is 6.61 Å². The molecule has 0 amide bonds. The maximum absolute atomic E-state index is 13.1. The molecule has 1 fully saturated rings. The summed E-state index contributed by atoms with van der Waals surface area (Å²) in [7, 11) is 0. The van der Waals surface area contributed by atoms with Crippen LogP contribution in [0.15, 0.2) is 42.5 Å². The van der Waals surface area contributed by atoms with Crippen molar-refractivity contribution in [2.75, 3.05) is 32.8 Å². The number of carbonyl (C=O) groups is 1. The van der Waals surface area contributed by atoms with Gasteiger partial charge in [0, 0.05) is 37.3 Å². The van der Waals surface area contributed by atoms with E-state index < -0.39 is 0 Å². The van der Waals surface area contributed by atoms with Crippen molar-refractivity contribution in [2.45, 2.75) is 33.4 Å². The van der Waals surface area contributed by atoms with Crippen molar-refractivity contribution in [1.82, 2.24) is 9.80 Å². The third kappa shape index (κ3) is 5.63. The molecule has 4 nitrogen and oxygen atoms in total. The average molecular weight is 384 g/mol. The fourth-order valence-electron chi connectivity index (χ4n) is 3.65. The number of hydrogen-bond acceptors (Lipinski definition) is 4. The molecule has 1 heterocycles. The van der Waals surface area contributed by atoms with Gasteiger partial charge in [-0.25, -0.2) is 4.39 Å². The van der Waals surface area contributed by atoms with E-state index >= 15 is 0 Å². The summed E-state index contributed by atoms with van der Waals surface area (Å²) >= 11 is 0. The summed E-state index contributed by atoms with van der Waals surface area (Å²) in [6.45, 7) is 9.76. The van der Waals surface area contributed by atoms with Gasteiger partial charge in [-0.2, -0.15) is 0 Å². The molecule has 1 aliphatic rings. The monoisotopic (exact) mass is 384 g/mol. The summed E-state index contributed by atoms with van der Waals surface area (Å²) in [6.07, 6.45) is 1.08. The van der Waals surface area contributed by atoms with Gasteiger partial charge in [-0.1, -0.05) is 12.1 Å². The molecule has 0 spiro atoms. The molecule has 0 aliphatic carbocycles. The Morgan fingerprint density at radius 2 is 1.68 bits per heavy atom. The molecule has 0 N–H and O–H groups in total. The Balaban J connectivity index is 1.63. The highest BCUT2D eigenvalue weighted by molar-refractivity contribution is 5.94. The number of carbonyl (C=O) groups excluding carboxylic acids is 1. The fraction of sp³-hybridized carbons (Fsp3) is 0.435. The minimum absolute atomic E-state index is 0.0747. The van der Waals surface area contributed by atoms with Gasteiger partial charge in [-0.15, -0.1) is 0 Å². The molecule has 0 unspecified atom stereocenters. The second-order valence-electron chi connectivity index (χ2n) is 7.34. The van der Waals surface area contributed by atoms with Gasteiger partial charge in [-0.05, 0) is 69.3 Å². The predicted octanol–water partition coefficient (Wildman–Crippen LogP) is 4.13. The quantitative estimate of drug-likeness (QED) is 0.672. The molecule has 2 aromatic carbocycles. The van der Waals surface area contributed by atoms with Crippen LogP contribution >= 0.6 is 0 Å². The number of ether oxygens (including phenoxy) is 1. The van der Waals surface area contributed by atoms with Gasteiger partial charge in [0.25, 0.3) is 0 Å². The van der Waals surface area contributed by atoms with E-state index in [1.54, 1.807) is 6.92 Å². The van der Waals surface area contributed by atoms with E-state index in [9.17, 15) is 9.18 Å². The number of benzene rings is 2. The maximum atomic E-state index is 13.1. The summed E-state index contributed by atoms with van der Waals surface area (Å²) in [5.74, 6) is 0.745. The molecule has 5 heteroatoms. The second kappa shape index (κ2) is 9.80. The van der Waals surface area contributed by atoms with E-state index in [-0.39, 0.29) is 11.6 Å². The van der Waals surface area contributed by atoms with Crippen molar-refractivity contribution in [3.05, 3.63) is 65.0 Å². The van der Waals surface area contributed by atoms with Crippen LogP contribution < -0.4 is 4.74 Å². The highest BCUT2D eigenvalue weighted by Gasteiger charge is 2.17. The van der Waals surface area contributed by atoms with Crippen LogP contribution in [0.25, 0.3) is 0 Å². The van der Waals surface area contributed by atoms with Crippen LogP contribution in [0.3, 0.4) is 0 Å². The number of nitrogens with zero attached hydrogens (tertiary/aromatic N) is 2. The van der Waals surface area contributed by atoms with E-state index in [0.29, 0.717) is 6.61 Å². The summed E-state index contributed by atoms with van der Waals surface area (Å²) in [5, 5.41) is 0. The third-order valence-electron chi connectivity index (χ3n) is 5.16. The number of halogens is 1. The Kier molecular flexibility index (Phi) is 7.18. The van der Waals surface area contributed by atoms with Gasteiger partial charge in [-0.3, -0.25) is 14.6 Å². The summed E-state index contributed by atoms with van der Waals surface area (Å²) in [4.78, 5) is 16.6. The average Bonchev–Trinajstić information content (AvgIpc) is 2.90. The second-order valence-corrected chi connectivity index (χ2v) is 7.34. The highest BCUT2D eigenvalue weighted by atomic mass is 19.1. The topological polar surface area (TPSA) is 32.8 Å². The molecule has 1 aliphatic heterocycles. The van der Waals surface area contributed by atoms with Crippen LogP contribution in [0, 0.1) is 5.82 Å². The standard InChI is InChI=1S/C23H29FN2O2/c1-3-28-23-10-7-20(18(2)27)15-21(23)17-26-12-4-11-25(13-14-26)16-19-5-8-22(24)9-6-19/h5-10,15H,3-4,11-14,16-17H2,1-2H3. The van der Waals surface area contributed by atoms with Gasteiger partial charge in [0.15, 0.2) is 5.78 Å². The van der Waals surface area contributed by atoms with E-state index in [2.05, 4.69) is 9.80 Å². The van der Waals surface area contributed by atoms with E-state index in [0.717, 1.165) is 68.1 Å². The van der Waals surface area contributed by atoms with E-state index in [1.807, 2.05) is 37.3 Å². The molecule has 0 bridgehead atoms. The lowest BCUT2D eigenvalue weighted by Gasteiger charge is -2.23. The lowest BCUT2D eigenvalue weighted by atomic mass is 10.1.